The molecule has 0 aromatic rings. The Labute approximate surface area is 251 Å². The van der Waals surface area contributed by atoms with Crippen LogP contribution in [0.3, 0.4) is 0 Å². The lowest BCUT2D eigenvalue weighted by atomic mass is 10.1. The summed E-state index contributed by atoms with van der Waals surface area (Å²) in [6, 6.07) is 0. The average Bonchev–Trinajstić information content (AvgIpc) is 2.90. The number of aliphatic hydroxyl groups excluding tert-OH is 1. The first-order valence-electron chi connectivity index (χ1n) is 16.1. The van der Waals surface area contributed by atoms with Crippen molar-refractivity contribution in [3.8, 4) is 0 Å². The summed E-state index contributed by atoms with van der Waals surface area (Å²) in [6.45, 7) is 1.93. The molecule has 0 radical (unpaired) electrons. The van der Waals surface area contributed by atoms with Crippen LogP contribution >= 0.6 is 7.82 Å². The SMILES string of the molecule is CCCCCCC/C=C\C/C=C\CCCCCCCCCCCC(=O)OCC(O)COP(=O)([O-])OCC[N+](C)(C)C. The minimum Gasteiger partial charge on any atom is -0.756 e. The predicted octanol–water partition coefficient (Wildman–Crippen LogP) is 7.25. The second-order valence-electron chi connectivity index (χ2n) is 12.0. The van der Waals surface area contributed by atoms with E-state index in [2.05, 4.69) is 35.8 Å². The van der Waals surface area contributed by atoms with Gasteiger partial charge in [0.15, 0.2) is 0 Å². The van der Waals surface area contributed by atoms with Gasteiger partial charge in [0.1, 0.15) is 25.9 Å². The molecule has 0 saturated carbocycles. The molecular formula is C32H62NO7P. The van der Waals surface area contributed by atoms with E-state index in [1.54, 1.807) is 0 Å². The maximum atomic E-state index is 11.9. The van der Waals surface area contributed by atoms with E-state index in [1.807, 2.05) is 21.1 Å². The number of unbranched alkanes of at least 4 members (excludes halogenated alkanes) is 14. The van der Waals surface area contributed by atoms with Crippen LogP contribution in [0.5, 0.6) is 0 Å². The fourth-order valence-corrected chi connectivity index (χ4v) is 4.83. The number of hydrogen-bond donors (Lipinski definition) is 1. The number of phosphoric acid groups is 1. The summed E-state index contributed by atoms with van der Waals surface area (Å²) in [7, 11) is 1.25. The third-order valence-electron chi connectivity index (χ3n) is 6.70. The second-order valence-corrected chi connectivity index (χ2v) is 13.4. The van der Waals surface area contributed by atoms with Gasteiger partial charge in [-0.1, -0.05) is 102 Å². The second kappa shape index (κ2) is 26.6. The molecule has 2 unspecified atom stereocenters. The van der Waals surface area contributed by atoms with Gasteiger partial charge in [-0.25, -0.2) is 0 Å². The highest BCUT2D eigenvalue weighted by Gasteiger charge is 2.16. The van der Waals surface area contributed by atoms with Crippen molar-refractivity contribution in [3.05, 3.63) is 24.3 Å². The summed E-state index contributed by atoms with van der Waals surface area (Å²) in [6.07, 6.45) is 28.9. The van der Waals surface area contributed by atoms with Crippen molar-refractivity contribution in [2.75, 3.05) is 47.5 Å². The van der Waals surface area contributed by atoms with Crippen LogP contribution in [0, 0.1) is 0 Å². The predicted molar refractivity (Wildman–Crippen MR) is 166 cm³/mol. The highest BCUT2D eigenvalue weighted by Crippen LogP contribution is 2.38. The van der Waals surface area contributed by atoms with Gasteiger partial charge in [-0.05, 0) is 38.5 Å². The monoisotopic (exact) mass is 603 g/mol. The first-order valence-corrected chi connectivity index (χ1v) is 17.6. The summed E-state index contributed by atoms with van der Waals surface area (Å²) in [4.78, 5) is 23.6. The van der Waals surface area contributed by atoms with Gasteiger partial charge in [-0.15, -0.1) is 0 Å². The summed E-state index contributed by atoms with van der Waals surface area (Å²) in [5.74, 6) is -0.392. The molecule has 0 bridgehead atoms. The van der Waals surface area contributed by atoms with E-state index in [-0.39, 0.29) is 13.2 Å². The molecule has 0 aliphatic carbocycles. The Bertz CT molecular complexity index is 721. The third kappa shape index (κ3) is 31.7. The number of carbonyl (C=O) groups is 1. The van der Waals surface area contributed by atoms with Gasteiger partial charge in [-0.2, -0.15) is 0 Å². The van der Waals surface area contributed by atoms with Crippen molar-refractivity contribution in [3.63, 3.8) is 0 Å². The zero-order valence-electron chi connectivity index (χ0n) is 26.7. The lowest BCUT2D eigenvalue weighted by Crippen LogP contribution is -2.37. The highest BCUT2D eigenvalue weighted by atomic mass is 31.2. The number of phosphoric ester groups is 1. The summed E-state index contributed by atoms with van der Waals surface area (Å²) >= 11 is 0. The number of quaternary nitrogens is 1. The molecule has 0 rings (SSSR count). The molecule has 0 amide bonds. The molecule has 0 aromatic carbocycles. The van der Waals surface area contributed by atoms with Crippen LogP contribution < -0.4 is 4.89 Å². The van der Waals surface area contributed by atoms with Crippen LogP contribution in [0.2, 0.25) is 0 Å². The Morgan fingerprint density at radius 2 is 1.29 bits per heavy atom. The van der Waals surface area contributed by atoms with Crippen molar-refractivity contribution in [1.82, 2.24) is 0 Å². The first-order chi connectivity index (χ1) is 19.6. The van der Waals surface area contributed by atoms with Gasteiger partial charge >= 0.3 is 5.97 Å². The minimum absolute atomic E-state index is 0.00893. The highest BCUT2D eigenvalue weighted by molar-refractivity contribution is 7.45. The largest absolute Gasteiger partial charge is 0.756 e. The molecule has 1 N–H and O–H groups in total. The first kappa shape index (κ1) is 40.0. The molecule has 9 heteroatoms. The van der Waals surface area contributed by atoms with Gasteiger partial charge in [0.05, 0.1) is 27.7 Å². The smallest absolute Gasteiger partial charge is 0.305 e. The fraction of sp³-hybridized carbons (Fsp3) is 0.844. The van der Waals surface area contributed by atoms with Crippen molar-refractivity contribution in [2.24, 2.45) is 0 Å². The zero-order valence-corrected chi connectivity index (χ0v) is 27.6. The van der Waals surface area contributed by atoms with E-state index in [0.29, 0.717) is 17.4 Å². The third-order valence-corrected chi connectivity index (χ3v) is 7.67. The van der Waals surface area contributed by atoms with Gasteiger partial charge in [-0.3, -0.25) is 9.36 Å². The average molecular weight is 604 g/mol. The zero-order chi connectivity index (χ0) is 30.7. The Morgan fingerprint density at radius 3 is 1.83 bits per heavy atom. The summed E-state index contributed by atoms with van der Waals surface area (Å²) in [5.41, 5.74) is 0. The van der Waals surface area contributed by atoms with Gasteiger partial charge in [0.25, 0.3) is 7.82 Å². The number of nitrogens with zero attached hydrogens (tertiary/aromatic N) is 1. The molecule has 0 aliphatic rings. The van der Waals surface area contributed by atoms with Crippen LogP contribution in [0.1, 0.15) is 122 Å². The van der Waals surface area contributed by atoms with Crippen molar-refractivity contribution in [2.45, 2.75) is 129 Å². The van der Waals surface area contributed by atoms with Crippen molar-refractivity contribution < 1.29 is 37.6 Å². The fourth-order valence-electron chi connectivity index (χ4n) is 4.09. The summed E-state index contributed by atoms with van der Waals surface area (Å²) < 4.78 is 26.7. The Hall–Kier alpha value is -1.02. The van der Waals surface area contributed by atoms with Crippen molar-refractivity contribution >= 4 is 13.8 Å². The molecule has 2 atom stereocenters. The Morgan fingerprint density at radius 1 is 0.780 bits per heavy atom. The van der Waals surface area contributed by atoms with Crippen LogP contribution in [0.15, 0.2) is 24.3 Å². The van der Waals surface area contributed by atoms with Crippen LogP contribution in [0.4, 0.5) is 0 Å². The number of esters is 1. The van der Waals surface area contributed by atoms with E-state index >= 15 is 0 Å². The number of carbonyl (C=O) groups excluding carboxylic acids is 1. The normalized spacial score (nSPS) is 14.6. The Balaban J connectivity index is 3.51. The molecule has 41 heavy (non-hydrogen) atoms. The molecule has 0 fully saturated rings. The van der Waals surface area contributed by atoms with E-state index in [4.69, 9.17) is 9.26 Å². The van der Waals surface area contributed by atoms with E-state index in [0.717, 1.165) is 25.7 Å². The van der Waals surface area contributed by atoms with Gasteiger partial charge in [0.2, 0.25) is 0 Å². The minimum atomic E-state index is -4.50. The lowest BCUT2D eigenvalue weighted by Gasteiger charge is -2.27. The van der Waals surface area contributed by atoms with Gasteiger partial charge in [0, 0.05) is 6.42 Å². The number of aliphatic hydroxyl groups is 1. The maximum Gasteiger partial charge on any atom is 0.305 e. The molecule has 0 aliphatic heterocycles. The van der Waals surface area contributed by atoms with Crippen molar-refractivity contribution in [1.29, 1.82) is 0 Å². The van der Waals surface area contributed by atoms with Gasteiger partial charge < -0.3 is 28.3 Å². The number of likely N-dealkylation sites (N-methyl/N-ethyl adjacent to an activating group) is 1. The molecular weight excluding hydrogens is 541 g/mol. The molecule has 242 valence electrons. The van der Waals surface area contributed by atoms with E-state index in [1.165, 1.54) is 83.5 Å². The number of rotatable bonds is 29. The number of hydrogen-bond acceptors (Lipinski definition) is 7. The lowest BCUT2D eigenvalue weighted by molar-refractivity contribution is -0.870. The molecule has 0 aromatic heterocycles. The van der Waals surface area contributed by atoms with Crippen LogP contribution in [0.25, 0.3) is 0 Å². The van der Waals surface area contributed by atoms with E-state index < -0.39 is 26.5 Å². The van der Waals surface area contributed by atoms with Crippen LogP contribution in [-0.4, -0.2) is 69.2 Å². The topological polar surface area (TPSA) is 105 Å². The number of ether oxygens (including phenoxy) is 1. The molecule has 0 heterocycles. The molecule has 8 nitrogen and oxygen atoms in total. The standard InChI is InChI=1S/C32H62NO7P/c1-5-6-7-8-9-10-11-12-13-14-15-16-17-18-19-20-21-22-23-24-25-26-32(35)38-29-31(34)30-40-41(36,37)39-28-27-33(2,3)4/h11-12,14-15,31,34H,5-10,13,16-30H2,1-4H3/b12-11-,15-14-. The molecule has 0 spiro atoms. The number of allylic oxidation sites excluding steroid dienone is 4. The van der Waals surface area contributed by atoms with Crippen LogP contribution in [-0.2, 0) is 23.1 Å². The molecule has 0 saturated heterocycles. The Kier molecular flexibility index (Phi) is 25.9. The van der Waals surface area contributed by atoms with E-state index in [9.17, 15) is 19.4 Å². The summed E-state index contributed by atoms with van der Waals surface area (Å²) in [5, 5.41) is 9.84. The quantitative estimate of drug-likeness (QED) is 0.0316. The maximum absolute atomic E-state index is 11.9.